The van der Waals surface area contributed by atoms with Crippen molar-refractivity contribution in [1.82, 2.24) is 0 Å². The first-order valence-corrected chi connectivity index (χ1v) is 4.62. The van der Waals surface area contributed by atoms with Crippen LogP contribution in [0.5, 0.6) is 0 Å². The first-order chi connectivity index (χ1) is 4.74. The van der Waals surface area contributed by atoms with Crippen LogP contribution >= 0.6 is 0 Å². The second-order valence-electron chi connectivity index (χ2n) is 1.97. The lowest BCUT2D eigenvalue weighted by molar-refractivity contribution is -0.0432. The van der Waals surface area contributed by atoms with Gasteiger partial charge in [-0.3, -0.25) is 0 Å². The van der Waals surface area contributed by atoms with E-state index in [0.29, 0.717) is 0 Å². The van der Waals surface area contributed by atoms with Crippen molar-refractivity contribution >= 4 is 9.52 Å². The zero-order valence-electron chi connectivity index (χ0n) is 6.59. The molecule has 3 heteroatoms. The van der Waals surface area contributed by atoms with Gasteiger partial charge in [-0.2, -0.15) is 0 Å². The normalized spacial score (nSPS) is 11.1. The van der Waals surface area contributed by atoms with Crippen molar-refractivity contribution in [2.45, 2.75) is 5.91 Å². The van der Waals surface area contributed by atoms with Crippen LogP contribution in [0.1, 0.15) is 0 Å². The number of allylic oxidation sites excluding steroid dienone is 2. The van der Waals surface area contributed by atoms with E-state index in [2.05, 4.69) is 13.2 Å². The Balaban J connectivity index is 3.62. The predicted octanol–water partition coefficient (Wildman–Crippen LogP) is 0.431. The molecule has 0 N–H and O–H groups in total. The molecule has 0 amide bonds. The summed E-state index contributed by atoms with van der Waals surface area (Å²) in [6, 6.07) is 0. The Labute approximate surface area is 64.4 Å². The van der Waals surface area contributed by atoms with Crippen LogP contribution in [0.25, 0.3) is 0 Å². The Kier molecular flexibility index (Phi) is 5.20. The Bertz CT molecular complexity index is 119. The molecule has 10 heavy (non-hydrogen) atoms. The molecule has 0 saturated carbocycles. The molecule has 0 aliphatic carbocycles. The highest BCUT2D eigenvalue weighted by Crippen LogP contribution is 1.95. The fourth-order valence-electron chi connectivity index (χ4n) is 0.560. The van der Waals surface area contributed by atoms with Gasteiger partial charge in [-0.15, -0.1) is 6.58 Å². The molecule has 0 spiro atoms. The number of hydrogen-bond donors (Lipinski definition) is 0. The third kappa shape index (κ3) is 3.61. The molecule has 0 atom stereocenters. The maximum absolute atomic E-state index is 5.00. The summed E-state index contributed by atoms with van der Waals surface area (Å²) >= 11 is 0. The molecule has 2 nitrogen and oxygen atoms in total. The van der Waals surface area contributed by atoms with Crippen LogP contribution in [-0.4, -0.2) is 29.7 Å². The lowest BCUT2D eigenvalue weighted by Gasteiger charge is -2.11. The van der Waals surface area contributed by atoms with Crippen molar-refractivity contribution < 1.29 is 9.47 Å². The number of ether oxygens (including phenoxy) is 2. The predicted molar refractivity (Wildman–Crippen MR) is 45.7 cm³/mol. The summed E-state index contributed by atoms with van der Waals surface area (Å²) in [5, 5.41) is 1.06. The monoisotopic (exact) mass is 158 g/mol. The first kappa shape index (κ1) is 9.62. The van der Waals surface area contributed by atoms with E-state index in [0.717, 1.165) is 5.20 Å². The van der Waals surface area contributed by atoms with Gasteiger partial charge in [0.25, 0.3) is 0 Å². The minimum atomic E-state index is -0.507. The Hall–Kier alpha value is -0.383. The molecule has 0 unspecified atom stereocenters. The van der Waals surface area contributed by atoms with Gasteiger partial charge < -0.3 is 9.47 Å². The SMILES string of the molecule is C=CC(=C)[SiH2]C(OC)OC. The Morgan fingerprint density at radius 1 is 1.50 bits per heavy atom. The zero-order valence-corrected chi connectivity index (χ0v) is 8.01. The summed E-state index contributed by atoms with van der Waals surface area (Å²) in [4.78, 5) is 0. The van der Waals surface area contributed by atoms with Gasteiger partial charge in [-0.1, -0.05) is 17.9 Å². The summed E-state index contributed by atoms with van der Waals surface area (Å²) in [6.45, 7) is 7.40. The molecule has 0 aromatic carbocycles. The summed E-state index contributed by atoms with van der Waals surface area (Å²) in [7, 11) is 2.77. The van der Waals surface area contributed by atoms with Crippen molar-refractivity contribution in [1.29, 1.82) is 0 Å². The van der Waals surface area contributed by atoms with Crippen LogP contribution in [0.4, 0.5) is 0 Å². The highest BCUT2D eigenvalue weighted by Gasteiger charge is 2.05. The lowest BCUT2D eigenvalue weighted by Crippen LogP contribution is -2.22. The molecular formula is C7H14O2Si. The maximum Gasteiger partial charge on any atom is 0.139 e. The summed E-state index contributed by atoms with van der Waals surface area (Å²) in [5.41, 5.74) is 0. The van der Waals surface area contributed by atoms with Gasteiger partial charge in [0, 0.05) is 14.2 Å². The fraction of sp³-hybridized carbons (Fsp3) is 0.429. The van der Waals surface area contributed by atoms with Gasteiger partial charge in [0.1, 0.15) is 15.4 Å². The van der Waals surface area contributed by atoms with E-state index in [4.69, 9.17) is 9.47 Å². The van der Waals surface area contributed by atoms with Crippen LogP contribution in [0.2, 0.25) is 0 Å². The van der Waals surface area contributed by atoms with Crippen LogP contribution in [-0.2, 0) is 9.47 Å². The molecule has 0 radical (unpaired) electrons. The summed E-state index contributed by atoms with van der Waals surface area (Å²) in [6.07, 6.45) is 1.76. The van der Waals surface area contributed by atoms with E-state index in [1.165, 1.54) is 0 Å². The lowest BCUT2D eigenvalue weighted by atomic mass is 10.6. The van der Waals surface area contributed by atoms with Crippen molar-refractivity contribution in [2.24, 2.45) is 0 Å². The molecule has 0 aromatic heterocycles. The van der Waals surface area contributed by atoms with Crippen LogP contribution in [0.3, 0.4) is 0 Å². The minimum Gasteiger partial charge on any atom is -0.360 e. The second-order valence-corrected chi connectivity index (χ2v) is 3.95. The highest BCUT2D eigenvalue weighted by atomic mass is 28.2. The largest absolute Gasteiger partial charge is 0.360 e. The molecule has 0 fully saturated rings. The van der Waals surface area contributed by atoms with Crippen LogP contribution < -0.4 is 0 Å². The molecule has 58 valence electrons. The van der Waals surface area contributed by atoms with Crippen LogP contribution in [0.15, 0.2) is 24.4 Å². The smallest absolute Gasteiger partial charge is 0.139 e. The van der Waals surface area contributed by atoms with E-state index in [1.54, 1.807) is 20.3 Å². The summed E-state index contributed by atoms with van der Waals surface area (Å²) < 4.78 is 10.0. The molecule has 0 rings (SSSR count). The summed E-state index contributed by atoms with van der Waals surface area (Å²) in [5.74, 6) is -0.0505. The quantitative estimate of drug-likeness (QED) is 0.328. The molecule has 0 saturated heterocycles. The minimum absolute atomic E-state index is 0.0505. The highest BCUT2D eigenvalue weighted by molar-refractivity contribution is 6.47. The standard InChI is InChI=1S/C7H14O2Si/c1-5-6(2)10-7(8-3)9-4/h5,7H,1-2,10H2,3-4H3. The van der Waals surface area contributed by atoms with Gasteiger partial charge >= 0.3 is 0 Å². The van der Waals surface area contributed by atoms with E-state index < -0.39 is 9.52 Å². The number of rotatable bonds is 5. The van der Waals surface area contributed by atoms with E-state index >= 15 is 0 Å². The zero-order chi connectivity index (χ0) is 7.98. The maximum atomic E-state index is 5.00. The molecule has 0 aromatic rings. The van der Waals surface area contributed by atoms with Crippen molar-refractivity contribution in [3.63, 3.8) is 0 Å². The first-order valence-electron chi connectivity index (χ1n) is 3.10. The van der Waals surface area contributed by atoms with Gasteiger partial charge in [-0.05, 0) is 0 Å². The average molecular weight is 158 g/mol. The van der Waals surface area contributed by atoms with Gasteiger partial charge in [0.05, 0.1) is 0 Å². The van der Waals surface area contributed by atoms with E-state index in [1.807, 2.05) is 0 Å². The van der Waals surface area contributed by atoms with E-state index in [9.17, 15) is 0 Å². The molecular weight excluding hydrogens is 144 g/mol. The Morgan fingerprint density at radius 2 is 2.00 bits per heavy atom. The van der Waals surface area contributed by atoms with Crippen molar-refractivity contribution in [3.05, 3.63) is 24.4 Å². The van der Waals surface area contributed by atoms with Gasteiger partial charge in [-0.25, -0.2) is 0 Å². The molecule has 0 aliphatic heterocycles. The van der Waals surface area contributed by atoms with Crippen molar-refractivity contribution in [2.75, 3.05) is 14.2 Å². The average Bonchev–Trinajstić information content (AvgIpc) is 1.99. The number of hydrogen-bond acceptors (Lipinski definition) is 2. The van der Waals surface area contributed by atoms with Crippen LogP contribution in [0, 0.1) is 0 Å². The fourth-order valence-corrected chi connectivity index (χ4v) is 1.49. The Morgan fingerprint density at radius 3 is 2.30 bits per heavy atom. The third-order valence-corrected chi connectivity index (χ3v) is 3.06. The second kappa shape index (κ2) is 5.41. The van der Waals surface area contributed by atoms with Crippen molar-refractivity contribution in [3.8, 4) is 0 Å². The van der Waals surface area contributed by atoms with Gasteiger partial charge in [0.15, 0.2) is 0 Å². The molecule has 0 heterocycles. The topological polar surface area (TPSA) is 18.5 Å². The molecule has 0 bridgehead atoms. The number of methoxy groups -OCH3 is 2. The third-order valence-electron chi connectivity index (χ3n) is 1.24. The van der Waals surface area contributed by atoms with Gasteiger partial charge in [0.2, 0.25) is 0 Å². The van der Waals surface area contributed by atoms with E-state index in [-0.39, 0.29) is 5.91 Å². The molecule has 0 aliphatic rings.